The Morgan fingerprint density at radius 3 is 2.60 bits per heavy atom. The van der Waals surface area contributed by atoms with Gasteiger partial charge >= 0.3 is 0 Å². The van der Waals surface area contributed by atoms with E-state index in [1.165, 1.54) is 0 Å². The van der Waals surface area contributed by atoms with Gasteiger partial charge in [0.1, 0.15) is 17.7 Å². The van der Waals surface area contributed by atoms with Gasteiger partial charge in [-0.15, -0.1) is 0 Å². The van der Waals surface area contributed by atoms with Crippen LogP contribution < -0.4 is 4.74 Å². The van der Waals surface area contributed by atoms with Crippen LogP contribution in [-0.2, 0) is 0 Å². The van der Waals surface area contributed by atoms with Gasteiger partial charge < -0.3 is 9.84 Å². The first-order valence-electron chi connectivity index (χ1n) is 6.22. The Hall–Kier alpha value is -1.39. The molecule has 0 saturated heterocycles. The summed E-state index contributed by atoms with van der Waals surface area (Å²) in [6.45, 7) is 3.83. The normalized spacial score (nSPS) is 12.3. The number of aryl methyl sites for hydroxylation is 2. The molecule has 0 aliphatic rings. The number of rotatable bonds is 3. The molecule has 1 atom stereocenters. The van der Waals surface area contributed by atoms with Crippen LogP contribution in [0.1, 0.15) is 28.4 Å². The predicted molar refractivity (Wildman–Crippen MR) is 80.6 cm³/mol. The van der Waals surface area contributed by atoms with Gasteiger partial charge in [-0.25, -0.2) is 4.39 Å². The zero-order valence-electron chi connectivity index (χ0n) is 11.6. The highest BCUT2D eigenvalue weighted by molar-refractivity contribution is 9.10. The molecule has 0 aliphatic carbocycles. The van der Waals surface area contributed by atoms with Gasteiger partial charge in [-0.05, 0) is 53.0 Å². The van der Waals surface area contributed by atoms with Crippen LogP contribution in [0.5, 0.6) is 5.75 Å². The highest BCUT2D eigenvalue weighted by atomic mass is 79.9. The van der Waals surface area contributed by atoms with E-state index in [9.17, 15) is 9.50 Å². The first-order valence-corrected chi connectivity index (χ1v) is 7.02. The first-order chi connectivity index (χ1) is 9.45. The molecule has 0 amide bonds. The van der Waals surface area contributed by atoms with Crippen molar-refractivity contribution in [3.05, 3.63) is 62.9 Å². The van der Waals surface area contributed by atoms with Gasteiger partial charge in [0, 0.05) is 11.1 Å². The van der Waals surface area contributed by atoms with Crippen molar-refractivity contribution in [1.82, 2.24) is 0 Å². The SMILES string of the molecule is COc1cc(C)cc(C)c1C(O)c1cccc(Br)c1F. The van der Waals surface area contributed by atoms with Crippen molar-refractivity contribution < 1.29 is 14.2 Å². The van der Waals surface area contributed by atoms with E-state index in [0.29, 0.717) is 15.8 Å². The van der Waals surface area contributed by atoms with Crippen LogP contribution in [0, 0.1) is 19.7 Å². The zero-order chi connectivity index (χ0) is 14.9. The van der Waals surface area contributed by atoms with E-state index in [0.717, 1.165) is 11.1 Å². The highest BCUT2D eigenvalue weighted by Gasteiger charge is 2.22. The third-order valence-electron chi connectivity index (χ3n) is 3.26. The fraction of sp³-hybridized carbons (Fsp3) is 0.250. The van der Waals surface area contributed by atoms with Crippen molar-refractivity contribution in [1.29, 1.82) is 0 Å². The predicted octanol–water partition coefficient (Wildman–Crippen LogP) is 4.30. The van der Waals surface area contributed by atoms with E-state index in [-0.39, 0.29) is 5.56 Å². The monoisotopic (exact) mass is 338 g/mol. The molecule has 4 heteroatoms. The maximum Gasteiger partial charge on any atom is 0.143 e. The second-order valence-corrected chi connectivity index (χ2v) is 5.60. The third-order valence-corrected chi connectivity index (χ3v) is 3.88. The molecule has 0 spiro atoms. The van der Waals surface area contributed by atoms with E-state index in [1.54, 1.807) is 25.3 Å². The van der Waals surface area contributed by atoms with E-state index < -0.39 is 11.9 Å². The summed E-state index contributed by atoms with van der Waals surface area (Å²) in [6.07, 6.45) is -1.07. The molecule has 0 aromatic heterocycles. The van der Waals surface area contributed by atoms with Crippen LogP contribution in [0.4, 0.5) is 4.39 Å². The Kier molecular flexibility index (Phi) is 4.45. The molecule has 2 rings (SSSR count). The van der Waals surface area contributed by atoms with Crippen LogP contribution >= 0.6 is 15.9 Å². The molecule has 1 unspecified atom stereocenters. The smallest absolute Gasteiger partial charge is 0.143 e. The van der Waals surface area contributed by atoms with E-state index in [4.69, 9.17) is 4.74 Å². The maximum atomic E-state index is 14.1. The summed E-state index contributed by atoms with van der Waals surface area (Å²) >= 11 is 3.14. The molecule has 0 heterocycles. The summed E-state index contributed by atoms with van der Waals surface area (Å²) in [5.41, 5.74) is 2.72. The zero-order valence-corrected chi connectivity index (χ0v) is 13.2. The van der Waals surface area contributed by atoms with Crippen molar-refractivity contribution in [2.45, 2.75) is 20.0 Å². The first kappa shape index (κ1) is 15.0. The largest absolute Gasteiger partial charge is 0.496 e. The Morgan fingerprint density at radius 1 is 1.25 bits per heavy atom. The van der Waals surface area contributed by atoms with Gasteiger partial charge in [-0.3, -0.25) is 0 Å². The van der Waals surface area contributed by atoms with Crippen molar-refractivity contribution in [2.75, 3.05) is 7.11 Å². The maximum absolute atomic E-state index is 14.1. The van der Waals surface area contributed by atoms with Gasteiger partial charge in [0.05, 0.1) is 11.6 Å². The number of ether oxygens (including phenoxy) is 1. The number of halogens is 2. The molecular formula is C16H16BrFO2. The number of aliphatic hydroxyl groups is 1. The lowest BCUT2D eigenvalue weighted by Gasteiger charge is -2.19. The molecule has 106 valence electrons. The minimum Gasteiger partial charge on any atom is -0.496 e. The molecule has 0 aliphatic heterocycles. The highest BCUT2D eigenvalue weighted by Crippen LogP contribution is 2.36. The fourth-order valence-corrected chi connectivity index (χ4v) is 2.73. The Balaban J connectivity index is 2.59. The van der Waals surface area contributed by atoms with E-state index in [2.05, 4.69) is 15.9 Å². The topological polar surface area (TPSA) is 29.5 Å². The van der Waals surface area contributed by atoms with Crippen LogP contribution in [0.25, 0.3) is 0 Å². The summed E-state index contributed by atoms with van der Waals surface area (Å²) in [5.74, 6) is 0.108. The summed E-state index contributed by atoms with van der Waals surface area (Å²) in [6, 6.07) is 8.65. The molecule has 1 N–H and O–H groups in total. The quantitative estimate of drug-likeness (QED) is 0.904. The molecule has 2 aromatic carbocycles. The van der Waals surface area contributed by atoms with Crippen molar-refractivity contribution in [3.63, 3.8) is 0 Å². The van der Waals surface area contributed by atoms with Crippen LogP contribution in [0.15, 0.2) is 34.8 Å². The minimum absolute atomic E-state index is 0.227. The fourth-order valence-electron chi connectivity index (χ4n) is 2.35. The van der Waals surface area contributed by atoms with Crippen LogP contribution in [-0.4, -0.2) is 12.2 Å². The molecule has 0 radical (unpaired) electrons. The Morgan fingerprint density at radius 2 is 1.95 bits per heavy atom. The summed E-state index contributed by atoms with van der Waals surface area (Å²) < 4.78 is 19.8. The summed E-state index contributed by atoms with van der Waals surface area (Å²) in [7, 11) is 1.54. The summed E-state index contributed by atoms with van der Waals surface area (Å²) in [5, 5.41) is 10.5. The van der Waals surface area contributed by atoms with Gasteiger partial charge in [0.2, 0.25) is 0 Å². The number of hydrogen-bond donors (Lipinski definition) is 1. The molecule has 20 heavy (non-hydrogen) atoms. The molecule has 0 saturated carbocycles. The van der Waals surface area contributed by atoms with Crippen molar-refractivity contribution in [2.24, 2.45) is 0 Å². The Bertz CT molecular complexity index is 641. The lowest BCUT2D eigenvalue weighted by atomic mass is 9.94. The molecule has 2 aromatic rings. The molecule has 2 nitrogen and oxygen atoms in total. The van der Waals surface area contributed by atoms with Gasteiger partial charge in [0.15, 0.2) is 0 Å². The van der Waals surface area contributed by atoms with Gasteiger partial charge in [-0.1, -0.05) is 18.2 Å². The van der Waals surface area contributed by atoms with Crippen molar-refractivity contribution >= 4 is 15.9 Å². The van der Waals surface area contributed by atoms with Crippen LogP contribution in [0.2, 0.25) is 0 Å². The molecular weight excluding hydrogens is 323 g/mol. The number of methoxy groups -OCH3 is 1. The van der Waals surface area contributed by atoms with E-state index >= 15 is 0 Å². The summed E-state index contributed by atoms with van der Waals surface area (Å²) in [4.78, 5) is 0. The second-order valence-electron chi connectivity index (χ2n) is 4.74. The molecule has 0 fully saturated rings. The average Bonchev–Trinajstić information content (AvgIpc) is 2.40. The average molecular weight is 339 g/mol. The molecule has 0 bridgehead atoms. The lowest BCUT2D eigenvalue weighted by molar-refractivity contribution is 0.208. The third kappa shape index (κ3) is 2.72. The number of benzene rings is 2. The Labute approximate surface area is 126 Å². The van der Waals surface area contributed by atoms with Crippen molar-refractivity contribution in [3.8, 4) is 5.75 Å². The lowest BCUT2D eigenvalue weighted by Crippen LogP contribution is -2.07. The second kappa shape index (κ2) is 5.94. The van der Waals surface area contributed by atoms with Gasteiger partial charge in [0.25, 0.3) is 0 Å². The number of aliphatic hydroxyl groups excluding tert-OH is 1. The van der Waals surface area contributed by atoms with Crippen LogP contribution in [0.3, 0.4) is 0 Å². The standard InChI is InChI=1S/C16H16BrFO2/c1-9-7-10(2)14(13(8-9)20-3)16(19)11-5-4-6-12(17)15(11)18/h4-8,16,19H,1-3H3. The van der Waals surface area contributed by atoms with E-state index in [1.807, 2.05) is 26.0 Å². The number of hydrogen-bond acceptors (Lipinski definition) is 2. The van der Waals surface area contributed by atoms with Gasteiger partial charge in [-0.2, -0.15) is 0 Å². The minimum atomic E-state index is -1.07.